The number of carboxylic acid groups (broad SMARTS) is 1. The number of carbonyl (C=O) groups excluding carboxylic acids is 4. The second kappa shape index (κ2) is 13.5. The Morgan fingerprint density at radius 2 is 1.53 bits per heavy atom. The standard InChI is InChI=1S/C17H32N6O7/c1-8(14(26)22-11(17(29)30)7-12(20)25)21-16(28)13(9(2)24)23-15(27)10(19)5-3-4-6-18/h8-11,13,24H,3-7,18-19H2,1-2H3,(H2,20,25)(H,21,28)(H,22,26)(H,23,27)(H,29,30). The van der Waals surface area contributed by atoms with Crippen LogP contribution in [0.2, 0.25) is 0 Å². The number of aliphatic hydroxyl groups excluding tert-OH is 1. The van der Waals surface area contributed by atoms with Crippen molar-refractivity contribution in [3.63, 3.8) is 0 Å². The van der Waals surface area contributed by atoms with Crippen LogP contribution in [-0.4, -0.2) is 76.6 Å². The molecule has 0 aromatic heterocycles. The molecule has 13 heteroatoms. The topological polar surface area (TPSA) is 240 Å². The Kier molecular flexibility index (Phi) is 12.2. The van der Waals surface area contributed by atoms with Gasteiger partial charge in [-0.05, 0) is 33.2 Å². The summed E-state index contributed by atoms with van der Waals surface area (Å²) in [6, 6.07) is -5.10. The molecule has 172 valence electrons. The highest BCUT2D eigenvalue weighted by Gasteiger charge is 2.31. The summed E-state index contributed by atoms with van der Waals surface area (Å²) < 4.78 is 0. The number of carboxylic acids is 1. The molecule has 0 radical (unpaired) electrons. The monoisotopic (exact) mass is 432 g/mol. The van der Waals surface area contributed by atoms with Gasteiger partial charge in [0, 0.05) is 0 Å². The van der Waals surface area contributed by atoms with E-state index in [0.29, 0.717) is 25.8 Å². The molecule has 11 N–H and O–H groups in total. The van der Waals surface area contributed by atoms with Crippen molar-refractivity contribution in [3.05, 3.63) is 0 Å². The number of hydrogen-bond donors (Lipinski definition) is 8. The van der Waals surface area contributed by atoms with Crippen LogP contribution in [0.3, 0.4) is 0 Å². The molecule has 0 fully saturated rings. The van der Waals surface area contributed by atoms with Gasteiger partial charge in [-0.2, -0.15) is 0 Å². The van der Waals surface area contributed by atoms with Crippen LogP contribution in [0.1, 0.15) is 39.5 Å². The van der Waals surface area contributed by atoms with Gasteiger partial charge in [0.05, 0.1) is 18.6 Å². The quantitative estimate of drug-likeness (QED) is 0.126. The first-order chi connectivity index (χ1) is 13.9. The van der Waals surface area contributed by atoms with Crippen molar-refractivity contribution < 1.29 is 34.2 Å². The minimum Gasteiger partial charge on any atom is -0.480 e. The number of unbranched alkanes of at least 4 members (excludes halogenated alkanes) is 1. The summed E-state index contributed by atoms with van der Waals surface area (Å²) in [5.41, 5.74) is 16.1. The molecule has 13 nitrogen and oxygen atoms in total. The Balaban J connectivity index is 4.92. The van der Waals surface area contributed by atoms with Crippen LogP contribution in [0.25, 0.3) is 0 Å². The molecule has 4 amide bonds. The van der Waals surface area contributed by atoms with E-state index in [9.17, 15) is 29.1 Å². The lowest BCUT2D eigenvalue weighted by Gasteiger charge is -2.25. The van der Waals surface area contributed by atoms with Crippen LogP contribution < -0.4 is 33.2 Å². The summed E-state index contributed by atoms with van der Waals surface area (Å²) in [5.74, 6) is -4.84. The van der Waals surface area contributed by atoms with E-state index in [1.807, 2.05) is 0 Å². The molecule has 0 aliphatic heterocycles. The zero-order valence-corrected chi connectivity index (χ0v) is 17.1. The minimum absolute atomic E-state index is 0.340. The smallest absolute Gasteiger partial charge is 0.326 e. The van der Waals surface area contributed by atoms with Gasteiger partial charge in [-0.15, -0.1) is 0 Å². The third-order valence-corrected chi connectivity index (χ3v) is 4.14. The highest BCUT2D eigenvalue weighted by molar-refractivity contribution is 5.94. The van der Waals surface area contributed by atoms with E-state index in [0.717, 1.165) is 0 Å². The number of hydrogen-bond acceptors (Lipinski definition) is 8. The second-order valence-electron chi connectivity index (χ2n) is 6.92. The predicted octanol–water partition coefficient (Wildman–Crippen LogP) is -3.74. The first-order valence-electron chi connectivity index (χ1n) is 9.46. The Morgan fingerprint density at radius 3 is 2.00 bits per heavy atom. The van der Waals surface area contributed by atoms with Gasteiger partial charge in [0.2, 0.25) is 23.6 Å². The third-order valence-electron chi connectivity index (χ3n) is 4.14. The lowest BCUT2D eigenvalue weighted by molar-refractivity contribution is -0.143. The summed E-state index contributed by atoms with van der Waals surface area (Å²) in [5, 5.41) is 25.5. The number of nitrogens with one attached hydrogen (secondary N) is 3. The number of aliphatic hydroxyl groups is 1. The normalized spacial score (nSPS) is 15.8. The Hall–Kier alpha value is -2.77. The van der Waals surface area contributed by atoms with Crippen molar-refractivity contribution in [2.24, 2.45) is 17.2 Å². The number of nitrogens with two attached hydrogens (primary N) is 3. The predicted molar refractivity (Wildman–Crippen MR) is 105 cm³/mol. The average Bonchev–Trinajstić information content (AvgIpc) is 2.64. The van der Waals surface area contributed by atoms with E-state index >= 15 is 0 Å². The first kappa shape index (κ1) is 27.2. The van der Waals surface area contributed by atoms with Gasteiger partial charge >= 0.3 is 5.97 Å². The Labute approximate surface area is 174 Å². The van der Waals surface area contributed by atoms with Crippen molar-refractivity contribution in [1.29, 1.82) is 0 Å². The van der Waals surface area contributed by atoms with Gasteiger partial charge < -0.3 is 43.4 Å². The maximum absolute atomic E-state index is 12.4. The van der Waals surface area contributed by atoms with Gasteiger partial charge in [-0.1, -0.05) is 6.42 Å². The summed E-state index contributed by atoms with van der Waals surface area (Å²) in [6.07, 6.45) is -0.296. The number of rotatable bonds is 14. The van der Waals surface area contributed by atoms with Gasteiger partial charge in [-0.25, -0.2) is 4.79 Å². The lowest BCUT2D eigenvalue weighted by Crippen LogP contribution is -2.59. The lowest BCUT2D eigenvalue weighted by atomic mass is 10.1. The minimum atomic E-state index is -1.56. The van der Waals surface area contributed by atoms with Crippen LogP contribution in [0, 0.1) is 0 Å². The van der Waals surface area contributed by atoms with E-state index in [-0.39, 0.29) is 0 Å². The Morgan fingerprint density at radius 1 is 0.933 bits per heavy atom. The molecular formula is C17H32N6O7. The van der Waals surface area contributed by atoms with Crippen molar-refractivity contribution in [1.82, 2.24) is 16.0 Å². The van der Waals surface area contributed by atoms with E-state index in [1.165, 1.54) is 13.8 Å². The van der Waals surface area contributed by atoms with Crippen molar-refractivity contribution in [3.8, 4) is 0 Å². The zero-order chi connectivity index (χ0) is 23.4. The summed E-state index contributed by atoms with van der Waals surface area (Å²) in [4.78, 5) is 58.7. The summed E-state index contributed by atoms with van der Waals surface area (Å²) >= 11 is 0. The second-order valence-corrected chi connectivity index (χ2v) is 6.92. The molecular weight excluding hydrogens is 400 g/mol. The molecule has 0 aliphatic carbocycles. The van der Waals surface area contributed by atoms with Crippen LogP contribution >= 0.6 is 0 Å². The van der Waals surface area contributed by atoms with Crippen LogP contribution in [0.4, 0.5) is 0 Å². The summed E-state index contributed by atoms with van der Waals surface area (Å²) in [7, 11) is 0. The van der Waals surface area contributed by atoms with Crippen LogP contribution in [-0.2, 0) is 24.0 Å². The molecule has 0 saturated carbocycles. The molecule has 0 heterocycles. The van der Waals surface area contributed by atoms with E-state index in [2.05, 4.69) is 16.0 Å². The van der Waals surface area contributed by atoms with Crippen LogP contribution in [0.15, 0.2) is 0 Å². The van der Waals surface area contributed by atoms with Crippen LogP contribution in [0.5, 0.6) is 0 Å². The highest BCUT2D eigenvalue weighted by Crippen LogP contribution is 2.01. The zero-order valence-electron chi connectivity index (χ0n) is 17.1. The largest absolute Gasteiger partial charge is 0.480 e. The fraction of sp³-hybridized carbons (Fsp3) is 0.706. The molecule has 0 saturated heterocycles. The fourth-order valence-electron chi connectivity index (χ4n) is 2.37. The van der Waals surface area contributed by atoms with E-state index in [1.54, 1.807) is 0 Å². The molecule has 0 aromatic rings. The first-order valence-corrected chi connectivity index (χ1v) is 9.46. The van der Waals surface area contributed by atoms with Crippen molar-refractivity contribution in [2.75, 3.05) is 6.54 Å². The van der Waals surface area contributed by atoms with Gasteiger partial charge in [0.25, 0.3) is 0 Å². The molecule has 0 aromatic carbocycles. The highest BCUT2D eigenvalue weighted by atomic mass is 16.4. The van der Waals surface area contributed by atoms with Crippen molar-refractivity contribution >= 4 is 29.6 Å². The number of amides is 4. The third kappa shape index (κ3) is 10.1. The average molecular weight is 432 g/mol. The number of carbonyl (C=O) groups is 5. The van der Waals surface area contributed by atoms with Gasteiger partial charge in [-0.3, -0.25) is 19.2 Å². The van der Waals surface area contributed by atoms with E-state index < -0.39 is 66.3 Å². The molecule has 0 rings (SSSR count). The molecule has 30 heavy (non-hydrogen) atoms. The van der Waals surface area contributed by atoms with Gasteiger partial charge in [0.15, 0.2) is 0 Å². The van der Waals surface area contributed by atoms with Crippen molar-refractivity contribution in [2.45, 2.75) is 69.8 Å². The van der Waals surface area contributed by atoms with Gasteiger partial charge in [0.1, 0.15) is 18.1 Å². The molecule has 0 bridgehead atoms. The number of primary amides is 1. The van der Waals surface area contributed by atoms with E-state index in [4.69, 9.17) is 22.3 Å². The Bertz CT molecular complexity index is 628. The number of aliphatic carboxylic acids is 1. The maximum Gasteiger partial charge on any atom is 0.326 e. The fourth-order valence-corrected chi connectivity index (χ4v) is 2.37. The molecule has 0 spiro atoms. The summed E-state index contributed by atoms with van der Waals surface area (Å²) in [6.45, 7) is 2.98. The maximum atomic E-state index is 12.4. The molecule has 5 unspecified atom stereocenters. The SMILES string of the molecule is CC(NC(=O)C(NC(=O)C(N)CCCCN)C(C)O)C(=O)NC(CC(N)=O)C(=O)O. The molecule has 0 aliphatic rings. The molecule has 5 atom stereocenters.